The van der Waals surface area contributed by atoms with Crippen molar-refractivity contribution in [1.82, 2.24) is 20.3 Å². The number of benzene rings is 3. The van der Waals surface area contributed by atoms with E-state index in [0.29, 0.717) is 55.9 Å². The van der Waals surface area contributed by atoms with E-state index >= 15 is 0 Å². The van der Waals surface area contributed by atoms with E-state index < -0.39 is 15.8 Å². The minimum Gasteiger partial charge on any atom is -0.493 e. The monoisotopic (exact) mass is 613 g/mol. The van der Waals surface area contributed by atoms with E-state index in [4.69, 9.17) is 14.1 Å². The van der Waals surface area contributed by atoms with E-state index in [2.05, 4.69) is 15.3 Å². The number of methoxy groups -OCH3 is 1. The highest BCUT2D eigenvalue weighted by atomic mass is 32.2. The Kier molecular flexibility index (Phi) is 7.08. The number of anilines is 1. The molecule has 0 saturated carbocycles. The Hall–Kier alpha value is -5.23. The standard InChI is InChI=1S/C32H28FN5O5S/c1-17-9-11-18(12-10-17)30-28(32(39)34-2)21-13-20(25(15-26(21)43-30)38(3)44(5,40)41)31-35-16-27(42-4)29(37-31)24-14-19-22(33)7-6-8-23(19)36-24/h6-16,36H,1-5H3,(H,34,39). The van der Waals surface area contributed by atoms with Crippen LogP contribution in [0.25, 0.3) is 56.0 Å². The molecule has 0 bridgehead atoms. The number of aryl methyl sites for hydroxylation is 1. The Bertz CT molecular complexity index is 2190. The summed E-state index contributed by atoms with van der Waals surface area (Å²) in [5.41, 5.74) is 4.22. The lowest BCUT2D eigenvalue weighted by molar-refractivity contribution is 0.0964. The third-order valence-electron chi connectivity index (χ3n) is 7.49. The van der Waals surface area contributed by atoms with E-state index in [1.807, 2.05) is 31.2 Å². The van der Waals surface area contributed by atoms with E-state index in [0.717, 1.165) is 16.1 Å². The second-order valence-electron chi connectivity index (χ2n) is 10.3. The Morgan fingerprint density at radius 1 is 1.09 bits per heavy atom. The second-order valence-corrected chi connectivity index (χ2v) is 12.4. The van der Waals surface area contributed by atoms with Gasteiger partial charge >= 0.3 is 0 Å². The normalized spacial score (nSPS) is 11.7. The zero-order chi connectivity index (χ0) is 31.3. The van der Waals surface area contributed by atoms with Crippen LogP contribution in [-0.4, -0.2) is 56.7 Å². The number of amides is 1. The molecule has 3 aromatic heterocycles. The Morgan fingerprint density at radius 2 is 1.84 bits per heavy atom. The molecular weight excluding hydrogens is 585 g/mol. The minimum absolute atomic E-state index is 0.147. The number of rotatable bonds is 7. The average Bonchev–Trinajstić information content (AvgIpc) is 3.62. The second kappa shape index (κ2) is 10.8. The summed E-state index contributed by atoms with van der Waals surface area (Å²) in [6, 6.07) is 17.1. The summed E-state index contributed by atoms with van der Waals surface area (Å²) in [6.45, 7) is 1.96. The van der Waals surface area contributed by atoms with Crippen molar-refractivity contribution in [3.8, 4) is 39.8 Å². The number of carbonyl (C=O) groups is 1. The van der Waals surface area contributed by atoms with Crippen LogP contribution in [0, 0.1) is 12.7 Å². The molecule has 10 nitrogen and oxygen atoms in total. The maximum Gasteiger partial charge on any atom is 0.255 e. The number of furan rings is 1. The first-order valence-corrected chi connectivity index (χ1v) is 15.4. The summed E-state index contributed by atoms with van der Waals surface area (Å²) >= 11 is 0. The van der Waals surface area contributed by atoms with E-state index in [1.54, 1.807) is 30.3 Å². The minimum atomic E-state index is -3.75. The fraction of sp³-hybridized carbons (Fsp3) is 0.156. The molecule has 0 saturated heterocycles. The van der Waals surface area contributed by atoms with Crippen LogP contribution < -0.4 is 14.4 Å². The van der Waals surface area contributed by atoms with Gasteiger partial charge in [-0.15, -0.1) is 0 Å². The van der Waals surface area contributed by atoms with E-state index in [1.165, 1.54) is 33.5 Å². The molecule has 224 valence electrons. The van der Waals surface area contributed by atoms with Gasteiger partial charge in [0.15, 0.2) is 11.6 Å². The quantitative estimate of drug-likeness (QED) is 0.229. The molecule has 0 aliphatic carbocycles. The van der Waals surface area contributed by atoms with Crippen LogP contribution in [0.5, 0.6) is 5.75 Å². The average molecular weight is 614 g/mol. The van der Waals surface area contributed by atoms with Crippen LogP contribution in [-0.2, 0) is 10.0 Å². The van der Waals surface area contributed by atoms with Crippen LogP contribution >= 0.6 is 0 Å². The van der Waals surface area contributed by atoms with Crippen molar-refractivity contribution in [2.24, 2.45) is 0 Å². The van der Waals surface area contributed by atoms with Crippen molar-refractivity contribution in [1.29, 1.82) is 0 Å². The summed E-state index contributed by atoms with van der Waals surface area (Å²) in [5.74, 6) is 0.0164. The molecule has 0 spiro atoms. The Morgan fingerprint density at radius 3 is 2.50 bits per heavy atom. The van der Waals surface area contributed by atoms with Crippen LogP contribution in [0.15, 0.2) is 71.3 Å². The van der Waals surface area contributed by atoms with E-state index in [9.17, 15) is 17.6 Å². The zero-order valence-corrected chi connectivity index (χ0v) is 25.3. The summed E-state index contributed by atoms with van der Waals surface area (Å²) < 4.78 is 53.0. The van der Waals surface area contributed by atoms with Gasteiger partial charge in [-0.3, -0.25) is 9.10 Å². The van der Waals surface area contributed by atoms with Crippen molar-refractivity contribution < 1.29 is 26.8 Å². The topological polar surface area (TPSA) is 130 Å². The first-order chi connectivity index (χ1) is 21.0. The van der Waals surface area contributed by atoms with Crippen molar-refractivity contribution >= 4 is 43.5 Å². The lowest BCUT2D eigenvalue weighted by atomic mass is 10.0. The number of carbonyl (C=O) groups excluding carboxylic acids is 1. The first kappa shape index (κ1) is 28.9. The van der Waals surface area contributed by atoms with Crippen molar-refractivity contribution in [2.45, 2.75) is 6.92 Å². The highest BCUT2D eigenvalue weighted by Gasteiger charge is 2.27. The fourth-order valence-electron chi connectivity index (χ4n) is 5.10. The molecule has 1 amide bonds. The third kappa shape index (κ3) is 4.92. The van der Waals surface area contributed by atoms with Crippen LogP contribution in [0.1, 0.15) is 15.9 Å². The molecule has 44 heavy (non-hydrogen) atoms. The van der Waals surface area contributed by atoms with Gasteiger partial charge in [-0.25, -0.2) is 22.8 Å². The third-order valence-corrected chi connectivity index (χ3v) is 8.68. The number of aromatic nitrogens is 3. The number of fused-ring (bicyclic) bond motifs is 2. The van der Waals surface area contributed by atoms with Gasteiger partial charge in [0, 0.05) is 47.6 Å². The zero-order valence-electron chi connectivity index (χ0n) is 24.5. The number of halogens is 1. The summed E-state index contributed by atoms with van der Waals surface area (Å²) in [7, 11) is 0.651. The molecule has 12 heteroatoms. The maximum atomic E-state index is 14.5. The van der Waals surface area contributed by atoms with Gasteiger partial charge in [0.05, 0.1) is 36.5 Å². The van der Waals surface area contributed by atoms with Crippen molar-refractivity contribution in [3.63, 3.8) is 0 Å². The largest absolute Gasteiger partial charge is 0.493 e. The molecule has 3 heterocycles. The Labute approximate surface area is 252 Å². The van der Waals surface area contributed by atoms with Crippen molar-refractivity contribution in [2.75, 3.05) is 31.8 Å². The molecule has 0 atom stereocenters. The number of nitrogens with one attached hydrogen (secondary N) is 2. The predicted molar refractivity (Wildman–Crippen MR) is 168 cm³/mol. The SMILES string of the molecule is CNC(=O)c1c(-c2ccc(C)cc2)oc2cc(N(C)S(C)(=O)=O)c(-c3ncc(OC)c(-c4cc5c(F)cccc5[nH]4)n3)cc12. The molecule has 2 N–H and O–H groups in total. The van der Waals surface area contributed by atoms with Gasteiger partial charge in [-0.05, 0) is 31.2 Å². The lowest BCUT2D eigenvalue weighted by Crippen LogP contribution is -2.25. The summed E-state index contributed by atoms with van der Waals surface area (Å²) in [6.07, 6.45) is 2.54. The highest BCUT2D eigenvalue weighted by Crippen LogP contribution is 2.41. The number of ether oxygens (including phenoxy) is 1. The predicted octanol–water partition coefficient (Wildman–Crippen LogP) is 5.92. The number of sulfonamides is 1. The van der Waals surface area contributed by atoms with E-state index in [-0.39, 0.29) is 23.0 Å². The van der Waals surface area contributed by atoms with Crippen LogP contribution in [0.2, 0.25) is 0 Å². The number of hydrogen-bond donors (Lipinski definition) is 2. The number of aromatic amines is 1. The van der Waals surface area contributed by atoms with Gasteiger partial charge in [-0.1, -0.05) is 35.9 Å². The number of hydrogen-bond acceptors (Lipinski definition) is 7. The van der Waals surface area contributed by atoms with Crippen LogP contribution in [0.4, 0.5) is 10.1 Å². The number of nitrogens with zero attached hydrogens (tertiary/aromatic N) is 3. The van der Waals surface area contributed by atoms with Gasteiger partial charge < -0.3 is 19.5 Å². The molecule has 0 fully saturated rings. The molecule has 0 aliphatic rings. The van der Waals surface area contributed by atoms with Gasteiger partial charge in [0.1, 0.15) is 22.9 Å². The summed E-state index contributed by atoms with van der Waals surface area (Å²) in [4.78, 5) is 25.7. The van der Waals surface area contributed by atoms with Gasteiger partial charge in [-0.2, -0.15) is 0 Å². The smallest absolute Gasteiger partial charge is 0.255 e. The number of H-pyrrole nitrogens is 1. The highest BCUT2D eigenvalue weighted by molar-refractivity contribution is 7.92. The van der Waals surface area contributed by atoms with Crippen LogP contribution in [0.3, 0.4) is 0 Å². The molecule has 6 rings (SSSR count). The molecular formula is C32H28FN5O5S. The molecule has 0 aliphatic heterocycles. The molecule has 0 radical (unpaired) electrons. The maximum absolute atomic E-state index is 14.5. The molecule has 6 aromatic rings. The van der Waals surface area contributed by atoms with Crippen molar-refractivity contribution in [3.05, 3.63) is 83.8 Å². The Balaban J connectivity index is 1.64. The fourth-order valence-corrected chi connectivity index (χ4v) is 5.61. The lowest BCUT2D eigenvalue weighted by Gasteiger charge is -2.20. The van der Waals surface area contributed by atoms with Gasteiger partial charge in [0.2, 0.25) is 10.0 Å². The van der Waals surface area contributed by atoms with Gasteiger partial charge in [0.25, 0.3) is 5.91 Å². The summed E-state index contributed by atoms with van der Waals surface area (Å²) in [5, 5.41) is 3.49. The first-order valence-electron chi connectivity index (χ1n) is 13.5. The molecule has 0 unspecified atom stereocenters. The molecule has 3 aromatic carbocycles.